The fourth-order valence-corrected chi connectivity index (χ4v) is 1.48. The van der Waals surface area contributed by atoms with Gasteiger partial charge in [-0.3, -0.25) is 0 Å². The average Bonchev–Trinajstić information content (AvgIpc) is 2.32. The van der Waals surface area contributed by atoms with Crippen molar-refractivity contribution in [3.63, 3.8) is 0 Å². The summed E-state index contributed by atoms with van der Waals surface area (Å²) in [5, 5.41) is 0.977. The van der Waals surface area contributed by atoms with E-state index in [0.717, 1.165) is 18.2 Å². The molecule has 3 nitrogen and oxygen atoms in total. The lowest BCUT2D eigenvalue weighted by Crippen LogP contribution is -1.99. The maximum Gasteiger partial charge on any atom is 0.254 e. The lowest BCUT2D eigenvalue weighted by Gasteiger charge is -1.99. The molecule has 1 fully saturated rings. The van der Waals surface area contributed by atoms with E-state index in [1.807, 2.05) is 0 Å². The highest BCUT2D eigenvalue weighted by Gasteiger charge is 2.12. The minimum atomic E-state index is -3.50. The third kappa shape index (κ3) is 3.74. The molecule has 1 heterocycles. The van der Waals surface area contributed by atoms with Gasteiger partial charge in [0, 0.05) is 22.7 Å². The molecule has 0 saturated carbocycles. The molecule has 64 valence electrons. The Morgan fingerprint density at radius 3 is 2.73 bits per heavy atom. The molecule has 1 atom stereocenters. The van der Waals surface area contributed by atoms with Gasteiger partial charge in [-0.15, -0.1) is 0 Å². The first-order valence-electron chi connectivity index (χ1n) is 3.32. The number of hydrogen-bond acceptors (Lipinski definition) is 3. The van der Waals surface area contributed by atoms with E-state index in [1.54, 1.807) is 0 Å². The number of ether oxygens (including phenoxy) is 1. The first kappa shape index (κ1) is 9.03. The molecule has 0 N–H and O–H groups in total. The summed E-state index contributed by atoms with van der Waals surface area (Å²) < 4.78 is 26.0. The van der Waals surface area contributed by atoms with Gasteiger partial charge < -0.3 is 4.74 Å². The van der Waals surface area contributed by atoms with Crippen LogP contribution in [0.5, 0.6) is 0 Å². The largest absolute Gasteiger partial charge is 0.374 e. The van der Waals surface area contributed by atoms with Crippen molar-refractivity contribution in [1.29, 1.82) is 0 Å². The van der Waals surface area contributed by atoms with Crippen molar-refractivity contribution in [2.75, 3.05) is 6.61 Å². The van der Waals surface area contributed by atoms with E-state index in [1.165, 1.54) is 6.08 Å². The smallest absolute Gasteiger partial charge is 0.254 e. The first-order valence-corrected chi connectivity index (χ1v) is 5.70. The van der Waals surface area contributed by atoms with Crippen LogP contribution >= 0.6 is 10.7 Å². The molecule has 0 radical (unpaired) electrons. The molecular formula is C6H9ClO3S. The third-order valence-corrected chi connectivity index (χ3v) is 2.21. The Morgan fingerprint density at radius 2 is 2.27 bits per heavy atom. The summed E-state index contributed by atoms with van der Waals surface area (Å²) >= 11 is 0. The number of rotatable bonds is 2. The summed E-state index contributed by atoms with van der Waals surface area (Å²) in [6.45, 7) is 0.706. The Kier molecular flexibility index (Phi) is 2.92. The predicted molar refractivity (Wildman–Crippen MR) is 42.9 cm³/mol. The van der Waals surface area contributed by atoms with E-state index in [0.29, 0.717) is 6.61 Å². The molecule has 0 aromatic rings. The summed E-state index contributed by atoms with van der Waals surface area (Å²) in [7, 11) is 1.44. The number of hydrogen-bond donors (Lipinski definition) is 0. The van der Waals surface area contributed by atoms with E-state index in [2.05, 4.69) is 0 Å². The molecule has 0 aromatic carbocycles. The second-order valence-electron chi connectivity index (χ2n) is 2.36. The van der Waals surface area contributed by atoms with Gasteiger partial charge in [-0.25, -0.2) is 8.42 Å². The second kappa shape index (κ2) is 3.56. The second-order valence-corrected chi connectivity index (χ2v) is 4.87. The molecule has 0 spiro atoms. The summed E-state index contributed by atoms with van der Waals surface area (Å²) in [5.74, 6) is 0. The molecular weight excluding hydrogens is 188 g/mol. The predicted octanol–water partition coefficient (Wildman–Crippen LogP) is 1.25. The molecule has 1 unspecified atom stereocenters. The van der Waals surface area contributed by atoms with Gasteiger partial charge in [-0.05, 0) is 18.9 Å². The van der Waals surface area contributed by atoms with Crippen LogP contribution in [0.25, 0.3) is 0 Å². The summed E-state index contributed by atoms with van der Waals surface area (Å²) in [4.78, 5) is 0. The topological polar surface area (TPSA) is 43.4 Å². The molecule has 0 aromatic heterocycles. The van der Waals surface area contributed by atoms with Gasteiger partial charge >= 0.3 is 0 Å². The van der Waals surface area contributed by atoms with Crippen LogP contribution in [-0.4, -0.2) is 21.1 Å². The highest BCUT2D eigenvalue weighted by Crippen LogP contribution is 2.13. The van der Waals surface area contributed by atoms with Gasteiger partial charge in [-0.1, -0.05) is 0 Å². The highest BCUT2D eigenvalue weighted by atomic mass is 35.7. The van der Waals surface area contributed by atoms with Crippen LogP contribution in [0.4, 0.5) is 0 Å². The van der Waals surface area contributed by atoms with Crippen molar-refractivity contribution in [1.82, 2.24) is 0 Å². The summed E-state index contributed by atoms with van der Waals surface area (Å²) in [6, 6.07) is 0. The van der Waals surface area contributed by atoms with Gasteiger partial charge in [0.25, 0.3) is 9.05 Å². The fourth-order valence-electron chi connectivity index (χ4n) is 0.936. The maximum atomic E-state index is 10.4. The zero-order valence-corrected chi connectivity index (χ0v) is 7.44. The van der Waals surface area contributed by atoms with Gasteiger partial charge in [0.15, 0.2) is 0 Å². The Hall–Kier alpha value is -0.0600. The van der Waals surface area contributed by atoms with Crippen molar-refractivity contribution in [3.05, 3.63) is 11.5 Å². The Morgan fingerprint density at radius 1 is 1.55 bits per heavy atom. The maximum absolute atomic E-state index is 10.4. The first-order chi connectivity index (χ1) is 5.08. The lowest BCUT2D eigenvalue weighted by atomic mass is 10.2. The van der Waals surface area contributed by atoms with Crippen molar-refractivity contribution < 1.29 is 13.2 Å². The molecule has 11 heavy (non-hydrogen) atoms. The Balaban J connectivity index is 2.47. The van der Waals surface area contributed by atoms with Crippen LogP contribution < -0.4 is 0 Å². The van der Waals surface area contributed by atoms with Crippen molar-refractivity contribution >= 4 is 19.7 Å². The molecule has 1 aliphatic heterocycles. The van der Waals surface area contributed by atoms with Crippen LogP contribution in [-0.2, 0) is 13.8 Å². The van der Waals surface area contributed by atoms with E-state index in [-0.39, 0.29) is 6.10 Å². The Labute approximate surface area is 70.4 Å². The van der Waals surface area contributed by atoms with Crippen LogP contribution in [0.1, 0.15) is 12.8 Å². The SMILES string of the molecule is O=S(=O)(Cl)/C=C\C1CCCO1. The summed E-state index contributed by atoms with van der Waals surface area (Å²) in [6.07, 6.45) is 3.28. The Bertz CT molecular complexity index is 239. The highest BCUT2D eigenvalue weighted by molar-refractivity contribution is 8.16. The van der Waals surface area contributed by atoms with Crippen molar-refractivity contribution in [2.45, 2.75) is 18.9 Å². The zero-order valence-electron chi connectivity index (χ0n) is 5.86. The monoisotopic (exact) mass is 196 g/mol. The quantitative estimate of drug-likeness (QED) is 0.625. The van der Waals surface area contributed by atoms with Gasteiger partial charge in [0.1, 0.15) is 0 Å². The molecule has 0 bridgehead atoms. The van der Waals surface area contributed by atoms with Gasteiger partial charge in [-0.2, -0.15) is 0 Å². The fraction of sp³-hybridized carbons (Fsp3) is 0.667. The van der Waals surface area contributed by atoms with E-state index >= 15 is 0 Å². The van der Waals surface area contributed by atoms with Gasteiger partial charge in [0.05, 0.1) is 6.10 Å². The van der Waals surface area contributed by atoms with E-state index in [9.17, 15) is 8.42 Å². The molecule has 1 rings (SSSR count). The van der Waals surface area contributed by atoms with Gasteiger partial charge in [0.2, 0.25) is 0 Å². The minimum Gasteiger partial charge on any atom is -0.374 e. The van der Waals surface area contributed by atoms with Crippen molar-refractivity contribution in [3.8, 4) is 0 Å². The van der Waals surface area contributed by atoms with Crippen LogP contribution in [0.15, 0.2) is 11.5 Å². The van der Waals surface area contributed by atoms with Crippen molar-refractivity contribution in [2.24, 2.45) is 0 Å². The van der Waals surface area contributed by atoms with E-state index < -0.39 is 9.05 Å². The average molecular weight is 197 g/mol. The standard InChI is InChI=1S/C6H9ClO3S/c7-11(8,9)5-3-6-2-1-4-10-6/h3,5-6H,1-2,4H2/b5-3-. The normalized spacial score (nSPS) is 26.5. The molecule has 0 aliphatic carbocycles. The van der Waals surface area contributed by atoms with Crippen LogP contribution in [0.2, 0.25) is 0 Å². The van der Waals surface area contributed by atoms with E-state index in [4.69, 9.17) is 15.4 Å². The molecule has 1 aliphatic rings. The molecule has 5 heteroatoms. The minimum absolute atomic E-state index is 0.0662. The van der Waals surface area contributed by atoms with Crippen LogP contribution in [0, 0.1) is 0 Å². The number of halogens is 1. The summed E-state index contributed by atoms with van der Waals surface area (Å²) in [5.41, 5.74) is 0. The molecule has 0 amide bonds. The molecule has 1 saturated heterocycles. The zero-order chi connectivity index (χ0) is 8.32. The lowest BCUT2D eigenvalue weighted by molar-refractivity contribution is 0.146. The third-order valence-electron chi connectivity index (χ3n) is 1.42. The van der Waals surface area contributed by atoms with Crippen LogP contribution in [0.3, 0.4) is 0 Å².